The van der Waals surface area contributed by atoms with Gasteiger partial charge < -0.3 is 65.8 Å². The quantitative estimate of drug-likeness (QED) is 0.101. The highest BCUT2D eigenvalue weighted by molar-refractivity contribution is 7.90. The third-order valence-corrected chi connectivity index (χ3v) is 18.5. The number of amides is 11. The Morgan fingerprint density at radius 2 is 0.913 bits per heavy atom. The van der Waals surface area contributed by atoms with Gasteiger partial charge in [0, 0.05) is 62.2 Å². The van der Waals surface area contributed by atoms with Crippen LogP contribution in [0.1, 0.15) is 156 Å². The lowest BCUT2D eigenvalue weighted by Gasteiger charge is -2.41. The average molecular weight is 1320 g/mol. The molecule has 0 spiro atoms. The highest BCUT2D eigenvalue weighted by atomic mass is 32.2. The summed E-state index contributed by atoms with van der Waals surface area (Å²) in [5, 5.41) is 33.1. The van der Waals surface area contributed by atoms with Crippen LogP contribution in [-0.2, 0) is 62.6 Å². The third-order valence-electron chi connectivity index (χ3n) is 17.3. The molecule has 6 N–H and O–H groups in total. The van der Waals surface area contributed by atoms with Gasteiger partial charge in [0.15, 0.2) is 0 Å². The monoisotopic (exact) mass is 1320 g/mol. The Hall–Kier alpha value is -6.22. The van der Waals surface area contributed by atoms with Gasteiger partial charge in [0.05, 0.1) is 11.9 Å². The molecule has 1 aliphatic rings. The largest absolute Gasteiger partial charge is 0.396 e. The van der Waals surface area contributed by atoms with Crippen LogP contribution in [0.2, 0.25) is 0 Å². The van der Waals surface area contributed by atoms with Crippen LogP contribution in [0.3, 0.4) is 0 Å². The van der Waals surface area contributed by atoms with E-state index in [4.69, 9.17) is 0 Å². The zero-order chi connectivity index (χ0) is 71.5. The molecule has 27 heteroatoms. The molecule has 92 heavy (non-hydrogen) atoms. The van der Waals surface area contributed by atoms with E-state index in [-0.39, 0.29) is 62.7 Å². The molecule has 1 heterocycles. The van der Waals surface area contributed by atoms with E-state index in [0.717, 1.165) is 25.9 Å². The number of sulfone groups is 1. The summed E-state index contributed by atoms with van der Waals surface area (Å²) < 4.78 is 25.9. The van der Waals surface area contributed by atoms with E-state index in [0.29, 0.717) is 0 Å². The van der Waals surface area contributed by atoms with Gasteiger partial charge in [0.25, 0.3) is 0 Å². The van der Waals surface area contributed by atoms with Crippen LogP contribution in [0.25, 0.3) is 0 Å². The van der Waals surface area contributed by atoms with Crippen LogP contribution in [0, 0.1) is 41.4 Å². The molecule has 0 saturated carbocycles. The van der Waals surface area contributed by atoms with Gasteiger partial charge in [-0.2, -0.15) is 0 Å². The molecule has 1 aliphatic heterocycles. The van der Waals surface area contributed by atoms with Crippen molar-refractivity contribution < 1.29 is 71.4 Å². The van der Waals surface area contributed by atoms with Crippen molar-refractivity contribution in [1.82, 2.24) is 55.6 Å². The molecule has 0 aromatic rings. The molecule has 14 atom stereocenters. The minimum absolute atomic E-state index is 0.0511. The second kappa shape index (κ2) is 37.6. The van der Waals surface area contributed by atoms with Gasteiger partial charge in [-0.05, 0) is 107 Å². The topological polar surface area (TPSA) is 333 Å². The van der Waals surface area contributed by atoms with Gasteiger partial charge in [-0.1, -0.05) is 102 Å². The van der Waals surface area contributed by atoms with Crippen molar-refractivity contribution in [1.29, 1.82) is 0 Å². The summed E-state index contributed by atoms with van der Waals surface area (Å²) in [7, 11) is 5.59. The number of likely N-dealkylation sites (N-methyl/N-ethyl adjacent to an activating group) is 7. The summed E-state index contributed by atoms with van der Waals surface area (Å²) in [6, 6.07) is -15.2. The molecule has 11 amide bonds. The molecule has 0 aliphatic carbocycles. The van der Waals surface area contributed by atoms with Gasteiger partial charge in [-0.15, -0.1) is 0 Å². The lowest BCUT2D eigenvalue weighted by atomic mass is 9.91. The van der Waals surface area contributed by atoms with Crippen molar-refractivity contribution in [3.8, 4) is 0 Å². The standard InChI is InChI=1S/C65H117N11O15S/c1-25-27-29-41(13)54(78)53-58(82)68-45(26-2)60(84)70(17)46(30-28-31-77)61(85)75(22)52(42(14)35-92(24,90)91)57(81)69-50(39(9)10)64(88)71(18)47(32-36(3)4)56(80)66-43(15)55(79)67-44(16)59(83)72(19)48(33-37(5)6)62(86)73(20)49(34-38(7)8)63(87)74(21)51(40(11)12)65(89)76(53)23/h25,27,36-54,77-78H,26,28-35H2,1-24H3,(H,66,80)(H,67,79)(H,68,82)(H,69,81)/b27-25+/t41-,42-,43+,44-,45+,46-,47+,48+,49+,50+,51+,52+,53?,54?/m1/s1. The van der Waals surface area contributed by atoms with E-state index in [1.807, 2.05) is 41.5 Å². The maximum absolute atomic E-state index is 15.3. The number of aliphatic hydroxyl groups is 2. The summed E-state index contributed by atoms with van der Waals surface area (Å²) in [6.45, 7) is 26.5. The van der Waals surface area contributed by atoms with E-state index >= 15 is 24.0 Å². The van der Waals surface area contributed by atoms with Crippen LogP contribution in [0.15, 0.2) is 12.2 Å². The Labute approximate surface area is 549 Å². The Balaban J connectivity index is 4.57. The number of nitrogens with zero attached hydrogens (tertiary/aromatic N) is 7. The van der Waals surface area contributed by atoms with E-state index in [9.17, 15) is 47.4 Å². The number of nitrogens with one attached hydrogen (secondary N) is 4. The van der Waals surface area contributed by atoms with Gasteiger partial charge >= 0.3 is 0 Å². The van der Waals surface area contributed by atoms with Gasteiger partial charge in [-0.25, -0.2) is 8.42 Å². The van der Waals surface area contributed by atoms with Gasteiger partial charge in [-0.3, -0.25) is 52.7 Å². The molecule has 528 valence electrons. The second-order valence-electron chi connectivity index (χ2n) is 27.5. The highest BCUT2D eigenvalue weighted by Gasteiger charge is 2.47. The fourth-order valence-corrected chi connectivity index (χ4v) is 13.0. The molecule has 1 saturated heterocycles. The van der Waals surface area contributed by atoms with E-state index in [1.165, 1.54) is 84.8 Å². The summed E-state index contributed by atoms with van der Waals surface area (Å²) in [4.78, 5) is 171. The normalized spacial score (nSPS) is 27.1. The third kappa shape index (κ3) is 23.4. The van der Waals surface area contributed by atoms with Crippen molar-refractivity contribution in [3.05, 3.63) is 12.2 Å². The molecule has 0 bridgehead atoms. The molecule has 0 aromatic carbocycles. The van der Waals surface area contributed by atoms with E-state index in [2.05, 4.69) is 21.3 Å². The molecule has 1 fully saturated rings. The van der Waals surface area contributed by atoms with Crippen molar-refractivity contribution in [2.45, 2.75) is 228 Å². The van der Waals surface area contributed by atoms with Crippen LogP contribution >= 0.6 is 0 Å². The van der Waals surface area contributed by atoms with E-state index in [1.54, 1.807) is 60.6 Å². The van der Waals surface area contributed by atoms with Crippen molar-refractivity contribution >= 4 is 74.8 Å². The Kier molecular flexibility index (Phi) is 34.3. The first-order valence-corrected chi connectivity index (χ1v) is 34.6. The second-order valence-corrected chi connectivity index (χ2v) is 29.7. The summed E-state index contributed by atoms with van der Waals surface area (Å²) in [5.41, 5.74) is 0. The van der Waals surface area contributed by atoms with Crippen LogP contribution in [0.5, 0.6) is 0 Å². The summed E-state index contributed by atoms with van der Waals surface area (Å²) in [5.74, 6) is -13.0. The number of hydrogen-bond acceptors (Lipinski definition) is 15. The highest BCUT2D eigenvalue weighted by Crippen LogP contribution is 2.27. The minimum atomic E-state index is -3.86. The Morgan fingerprint density at radius 1 is 0.489 bits per heavy atom. The average Bonchev–Trinajstić information content (AvgIpc) is 0.821. The van der Waals surface area contributed by atoms with Crippen molar-refractivity contribution in [2.24, 2.45) is 41.4 Å². The molecule has 0 aromatic heterocycles. The molecule has 26 nitrogen and oxygen atoms in total. The first kappa shape index (κ1) is 83.8. The number of aliphatic hydroxyl groups excluding tert-OH is 2. The number of hydrogen-bond donors (Lipinski definition) is 6. The van der Waals surface area contributed by atoms with Gasteiger partial charge in [0.1, 0.15) is 76.3 Å². The van der Waals surface area contributed by atoms with Crippen LogP contribution < -0.4 is 21.3 Å². The molecule has 2 unspecified atom stereocenters. The Morgan fingerprint density at radius 3 is 1.37 bits per heavy atom. The number of carbonyl (C=O) groups excluding carboxylic acids is 11. The van der Waals surface area contributed by atoms with Crippen molar-refractivity contribution in [3.63, 3.8) is 0 Å². The number of rotatable bonds is 19. The lowest BCUT2D eigenvalue weighted by molar-refractivity contribution is -0.157. The predicted molar refractivity (Wildman–Crippen MR) is 353 cm³/mol. The number of carbonyl (C=O) groups is 11. The number of allylic oxidation sites excluding steroid dienone is 2. The van der Waals surface area contributed by atoms with E-state index < -0.39 is 183 Å². The molecule has 0 radical (unpaired) electrons. The first-order valence-electron chi connectivity index (χ1n) is 32.5. The predicted octanol–water partition coefficient (Wildman–Crippen LogP) is 2.04. The van der Waals surface area contributed by atoms with Crippen LogP contribution in [0.4, 0.5) is 0 Å². The lowest BCUT2D eigenvalue weighted by Crippen LogP contribution is -2.64. The van der Waals surface area contributed by atoms with Gasteiger partial charge in [0.2, 0.25) is 65.0 Å². The van der Waals surface area contributed by atoms with Crippen LogP contribution in [-0.4, -0.2) is 258 Å². The molecule has 1 rings (SSSR count). The SMILES string of the molecule is C/C=C/C[C@@H](C)C(O)C1C(=O)N[C@@H](CC)C(=O)N(C)[C@H](CCCO)C(=O)N(C)[C@@H]([C@H](C)CS(C)(=O)=O)C(=O)N[C@@H](C(C)C)C(=O)N(C)[C@@H](CC(C)C)C(=O)N[C@@H](C)C(=O)N[C@H](C)C(=O)N(C)[C@@H](CC(C)C)C(=O)N(C)[C@@H](CC(C)C)C(=O)N(C)[C@@H](C(C)C)C(=O)N1C. The fourth-order valence-electron chi connectivity index (χ4n) is 11.9. The Bertz CT molecular complexity index is 2670. The zero-order valence-electron chi connectivity index (χ0n) is 59.7. The summed E-state index contributed by atoms with van der Waals surface area (Å²) in [6.07, 6.45) is 3.10. The maximum Gasteiger partial charge on any atom is 0.246 e. The summed E-state index contributed by atoms with van der Waals surface area (Å²) >= 11 is 0. The smallest absolute Gasteiger partial charge is 0.246 e. The van der Waals surface area contributed by atoms with Crippen molar-refractivity contribution in [2.75, 3.05) is 67.9 Å². The zero-order valence-corrected chi connectivity index (χ0v) is 60.5. The fraction of sp³-hybridized carbons (Fsp3) is 0.800. The maximum atomic E-state index is 15.3. The first-order chi connectivity index (χ1) is 42.4. The molecular formula is C65H117N11O15S. The minimum Gasteiger partial charge on any atom is -0.396 e. The molecular weight excluding hydrogens is 1210 g/mol.